The van der Waals surface area contributed by atoms with Gasteiger partial charge < -0.3 is 4.90 Å². The minimum atomic E-state index is -0.493. The van der Waals surface area contributed by atoms with Crippen LogP contribution in [0.1, 0.15) is 19.4 Å². The second-order valence-corrected chi connectivity index (χ2v) is 6.47. The zero-order valence-corrected chi connectivity index (χ0v) is 13.8. The highest BCUT2D eigenvalue weighted by Crippen LogP contribution is 2.41. The van der Waals surface area contributed by atoms with Crippen molar-refractivity contribution >= 4 is 11.6 Å². The maximum atomic E-state index is 12.4. The van der Waals surface area contributed by atoms with E-state index in [1.165, 1.54) is 0 Å². The molecular formula is C18H17N5O. The lowest BCUT2D eigenvalue weighted by Gasteiger charge is -2.16. The third-order valence-corrected chi connectivity index (χ3v) is 4.59. The van der Waals surface area contributed by atoms with Gasteiger partial charge in [0.05, 0.1) is 17.3 Å². The van der Waals surface area contributed by atoms with Gasteiger partial charge >= 0.3 is 0 Å². The Morgan fingerprint density at radius 1 is 1.08 bits per heavy atom. The van der Waals surface area contributed by atoms with E-state index < -0.39 is 5.41 Å². The molecule has 24 heavy (non-hydrogen) atoms. The lowest BCUT2D eigenvalue weighted by molar-refractivity contribution is -0.121. The lowest BCUT2D eigenvalue weighted by Crippen LogP contribution is -2.33. The van der Waals surface area contributed by atoms with Crippen LogP contribution in [0.15, 0.2) is 48.9 Å². The Morgan fingerprint density at radius 2 is 1.83 bits per heavy atom. The zero-order valence-electron chi connectivity index (χ0n) is 13.8. The molecule has 0 saturated carbocycles. The van der Waals surface area contributed by atoms with Gasteiger partial charge in [0.1, 0.15) is 5.69 Å². The van der Waals surface area contributed by atoms with Crippen LogP contribution in [-0.2, 0) is 10.2 Å². The minimum Gasteiger partial charge on any atom is -0.314 e. The summed E-state index contributed by atoms with van der Waals surface area (Å²) in [4.78, 5) is 18.1. The number of hydrogen-bond donors (Lipinski definition) is 0. The number of amides is 1. The molecule has 1 amide bonds. The predicted molar refractivity (Wildman–Crippen MR) is 91.0 cm³/mol. The number of fused-ring (bicyclic) bond motifs is 1. The van der Waals surface area contributed by atoms with Crippen LogP contribution in [0.4, 0.5) is 5.69 Å². The number of likely N-dealkylation sites (N-methyl/N-ethyl adjacent to an activating group) is 1. The van der Waals surface area contributed by atoms with Crippen molar-refractivity contribution in [3.63, 3.8) is 0 Å². The highest BCUT2D eigenvalue weighted by Gasteiger charge is 2.42. The molecule has 6 nitrogen and oxygen atoms in total. The number of carbonyl (C=O) groups is 1. The van der Waals surface area contributed by atoms with E-state index in [4.69, 9.17) is 0 Å². The van der Waals surface area contributed by atoms with E-state index in [9.17, 15) is 4.79 Å². The number of rotatable bonds is 2. The molecule has 0 unspecified atom stereocenters. The fourth-order valence-electron chi connectivity index (χ4n) is 3.16. The molecule has 0 bridgehead atoms. The molecule has 1 aliphatic rings. The van der Waals surface area contributed by atoms with Gasteiger partial charge in [0.15, 0.2) is 0 Å². The Balaban J connectivity index is 1.75. The first-order valence-corrected chi connectivity index (χ1v) is 7.74. The number of anilines is 1. The molecule has 0 saturated heterocycles. The zero-order chi connectivity index (χ0) is 16.9. The third kappa shape index (κ3) is 2.03. The van der Waals surface area contributed by atoms with E-state index in [0.29, 0.717) is 0 Å². The van der Waals surface area contributed by atoms with E-state index in [2.05, 4.69) is 15.3 Å². The predicted octanol–water partition coefficient (Wildman–Crippen LogP) is 2.58. The maximum absolute atomic E-state index is 12.4. The Labute approximate surface area is 139 Å². The highest BCUT2D eigenvalue weighted by atomic mass is 16.2. The first-order chi connectivity index (χ1) is 11.5. The Kier molecular flexibility index (Phi) is 3.03. The number of carbonyl (C=O) groups excluding carboxylic acids is 1. The number of pyridine rings is 1. The summed E-state index contributed by atoms with van der Waals surface area (Å²) in [5.41, 5.74) is 4.08. The van der Waals surface area contributed by atoms with Crippen molar-refractivity contribution in [1.29, 1.82) is 0 Å². The second-order valence-electron chi connectivity index (χ2n) is 6.47. The minimum absolute atomic E-state index is 0.103. The summed E-state index contributed by atoms with van der Waals surface area (Å²) < 4.78 is 1.72. The first-order valence-electron chi connectivity index (χ1n) is 7.74. The molecule has 4 rings (SSSR count). The fourth-order valence-corrected chi connectivity index (χ4v) is 3.16. The van der Waals surface area contributed by atoms with Crippen LogP contribution in [0, 0.1) is 0 Å². The van der Waals surface area contributed by atoms with E-state index >= 15 is 0 Å². The Morgan fingerprint density at radius 3 is 2.58 bits per heavy atom. The van der Waals surface area contributed by atoms with Gasteiger partial charge in [-0.1, -0.05) is 11.3 Å². The molecule has 120 valence electrons. The van der Waals surface area contributed by atoms with Crippen molar-refractivity contribution in [2.75, 3.05) is 11.9 Å². The summed E-state index contributed by atoms with van der Waals surface area (Å²) in [6.07, 6.45) is 5.33. The van der Waals surface area contributed by atoms with Crippen molar-refractivity contribution in [2.24, 2.45) is 0 Å². The van der Waals surface area contributed by atoms with Crippen molar-refractivity contribution in [3.8, 4) is 16.9 Å². The summed E-state index contributed by atoms with van der Waals surface area (Å²) in [7, 11) is 1.81. The van der Waals surface area contributed by atoms with Crippen LogP contribution in [0.3, 0.4) is 0 Å². The molecule has 3 heterocycles. The van der Waals surface area contributed by atoms with Gasteiger partial charge in [-0.2, -0.15) is 0 Å². The summed E-state index contributed by atoms with van der Waals surface area (Å²) >= 11 is 0. The van der Waals surface area contributed by atoms with Crippen molar-refractivity contribution < 1.29 is 4.79 Å². The Hall–Kier alpha value is -3.02. The normalized spacial score (nSPS) is 15.6. The SMILES string of the molecule is CN1C(=O)C(C)(C)c2ccc(-n3cc(-c4ccncc4)nn3)cc21. The number of hydrogen-bond acceptors (Lipinski definition) is 4. The van der Waals surface area contributed by atoms with Crippen molar-refractivity contribution in [2.45, 2.75) is 19.3 Å². The van der Waals surface area contributed by atoms with Gasteiger partial charge in [-0.15, -0.1) is 5.10 Å². The largest absolute Gasteiger partial charge is 0.314 e. The third-order valence-electron chi connectivity index (χ3n) is 4.59. The molecule has 1 aliphatic heterocycles. The molecule has 0 aliphatic carbocycles. The molecule has 0 spiro atoms. The second kappa shape index (κ2) is 4.99. The van der Waals surface area contributed by atoms with Crippen molar-refractivity contribution in [1.82, 2.24) is 20.0 Å². The highest BCUT2D eigenvalue weighted by molar-refractivity contribution is 6.07. The fraction of sp³-hybridized carbons (Fsp3) is 0.222. The number of nitrogens with zero attached hydrogens (tertiary/aromatic N) is 5. The molecular weight excluding hydrogens is 302 g/mol. The summed E-state index contributed by atoms with van der Waals surface area (Å²) in [5, 5.41) is 8.44. The standard InChI is InChI=1S/C18H17N5O/c1-18(2)14-5-4-13(10-16(14)22(3)17(18)24)23-11-15(20-21-23)12-6-8-19-9-7-12/h4-11H,1-3H3. The van der Waals surface area contributed by atoms with E-state index in [-0.39, 0.29) is 5.91 Å². The average molecular weight is 319 g/mol. The molecule has 0 fully saturated rings. The van der Waals surface area contributed by atoms with Crippen LogP contribution in [-0.4, -0.2) is 32.9 Å². The summed E-state index contributed by atoms with van der Waals surface area (Å²) in [5.74, 6) is 0.103. The van der Waals surface area contributed by atoms with Crippen LogP contribution < -0.4 is 4.90 Å². The van der Waals surface area contributed by atoms with Crippen LogP contribution >= 0.6 is 0 Å². The monoisotopic (exact) mass is 319 g/mol. The molecule has 6 heteroatoms. The molecule has 0 radical (unpaired) electrons. The van der Waals surface area contributed by atoms with E-state index in [0.717, 1.165) is 28.2 Å². The Bertz CT molecular complexity index is 930. The lowest BCUT2D eigenvalue weighted by atomic mass is 9.86. The molecule has 3 aromatic rings. The van der Waals surface area contributed by atoms with Gasteiger partial charge in [0.25, 0.3) is 0 Å². The summed E-state index contributed by atoms with van der Waals surface area (Å²) in [6.45, 7) is 3.91. The van der Waals surface area contributed by atoms with Gasteiger partial charge in [-0.05, 0) is 43.7 Å². The van der Waals surface area contributed by atoms with E-state index in [1.807, 2.05) is 57.4 Å². The van der Waals surface area contributed by atoms with E-state index in [1.54, 1.807) is 22.0 Å². The van der Waals surface area contributed by atoms with Gasteiger partial charge in [0.2, 0.25) is 5.91 Å². The molecule has 0 atom stereocenters. The topological polar surface area (TPSA) is 63.9 Å². The molecule has 1 aromatic carbocycles. The number of benzene rings is 1. The van der Waals surface area contributed by atoms with Gasteiger partial charge in [-0.3, -0.25) is 9.78 Å². The number of aromatic nitrogens is 4. The molecule has 0 N–H and O–H groups in total. The molecule has 2 aromatic heterocycles. The summed E-state index contributed by atoms with van der Waals surface area (Å²) in [6, 6.07) is 9.74. The average Bonchev–Trinajstić information content (AvgIpc) is 3.16. The van der Waals surface area contributed by atoms with Crippen LogP contribution in [0.5, 0.6) is 0 Å². The smallest absolute Gasteiger partial charge is 0.236 e. The maximum Gasteiger partial charge on any atom is 0.236 e. The van der Waals surface area contributed by atoms with Crippen LogP contribution in [0.2, 0.25) is 0 Å². The van der Waals surface area contributed by atoms with Crippen LogP contribution in [0.25, 0.3) is 16.9 Å². The van der Waals surface area contributed by atoms with Crippen molar-refractivity contribution in [3.05, 3.63) is 54.5 Å². The van der Waals surface area contributed by atoms with Gasteiger partial charge in [0, 0.05) is 30.7 Å². The van der Waals surface area contributed by atoms with Gasteiger partial charge in [-0.25, -0.2) is 4.68 Å². The first kappa shape index (κ1) is 14.6. The quantitative estimate of drug-likeness (QED) is 0.728.